The minimum atomic E-state index is -3.68. The second-order valence-corrected chi connectivity index (χ2v) is 7.67. The van der Waals surface area contributed by atoms with Gasteiger partial charge in [-0.15, -0.1) is 0 Å². The molecule has 2 rings (SSSR count). The van der Waals surface area contributed by atoms with E-state index in [2.05, 4.69) is 0 Å². The number of carbonyl (C=O) groups is 1. The largest absolute Gasteiger partial charge is 0.438 e. The number of hydrogen-bond acceptors (Lipinski definition) is 5. The highest BCUT2D eigenvalue weighted by Crippen LogP contribution is 2.28. The van der Waals surface area contributed by atoms with E-state index < -0.39 is 10.0 Å². The van der Waals surface area contributed by atoms with Crippen molar-refractivity contribution in [3.8, 4) is 0 Å². The monoisotopic (exact) mass is 316 g/mol. The van der Waals surface area contributed by atoms with Gasteiger partial charge in [-0.05, 0) is 30.9 Å². The Balaban J connectivity index is 2.05. The highest BCUT2D eigenvalue weighted by Gasteiger charge is 2.30. The van der Waals surface area contributed by atoms with Crippen molar-refractivity contribution in [2.24, 2.45) is 5.92 Å². The number of nitrogens with zero attached hydrogens (tertiary/aromatic N) is 2. The lowest BCUT2D eigenvalue weighted by Crippen LogP contribution is -2.39. The average Bonchev–Trinajstić information content (AvgIpc) is 2.85. The van der Waals surface area contributed by atoms with Gasteiger partial charge in [0.05, 0.1) is 6.10 Å². The molecule has 0 aliphatic heterocycles. The third-order valence-electron chi connectivity index (χ3n) is 3.62. The zero-order chi connectivity index (χ0) is 15.8. The van der Waals surface area contributed by atoms with E-state index in [-0.39, 0.29) is 28.8 Å². The Hall–Kier alpha value is -1.38. The SMILES string of the molecule is CN(CC1CC(O)C1)C(=O)c1ccc(S(=O)(=O)N(C)C)o1. The van der Waals surface area contributed by atoms with Crippen LogP contribution in [0.15, 0.2) is 21.6 Å². The summed E-state index contributed by atoms with van der Waals surface area (Å²) in [6, 6.07) is 2.65. The molecule has 1 N–H and O–H groups in total. The van der Waals surface area contributed by atoms with Crippen LogP contribution in [0.3, 0.4) is 0 Å². The lowest BCUT2D eigenvalue weighted by Gasteiger charge is -2.34. The Morgan fingerprint density at radius 3 is 2.48 bits per heavy atom. The minimum Gasteiger partial charge on any atom is -0.438 e. The predicted octanol–water partition coefficient (Wildman–Crippen LogP) is 0.373. The zero-order valence-electron chi connectivity index (χ0n) is 12.3. The molecule has 21 heavy (non-hydrogen) atoms. The van der Waals surface area contributed by atoms with E-state index in [1.807, 2.05) is 0 Å². The summed E-state index contributed by atoms with van der Waals surface area (Å²) in [5, 5.41) is 8.99. The van der Waals surface area contributed by atoms with Crippen molar-refractivity contribution >= 4 is 15.9 Å². The summed E-state index contributed by atoms with van der Waals surface area (Å²) in [5.74, 6) is -0.0803. The number of rotatable bonds is 5. The van der Waals surface area contributed by atoms with Crippen LogP contribution in [0.4, 0.5) is 0 Å². The van der Waals surface area contributed by atoms with Gasteiger partial charge in [-0.2, -0.15) is 0 Å². The number of aliphatic hydroxyl groups is 1. The molecule has 1 aromatic rings. The minimum absolute atomic E-state index is 0.00204. The van der Waals surface area contributed by atoms with Gasteiger partial charge in [0, 0.05) is 27.7 Å². The maximum absolute atomic E-state index is 12.2. The predicted molar refractivity (Wildman–Crippen MR) is 75.3 cm³/mol. The van der Waals surface area contributed by atoms with Gasteiger partial charge in [-0.3, -0.25) is 4.79 Å². The normalized spacial score (nSPS) is 22.1. The Labute approximate surface area is 124 Å². The van der Waals surface area contributed by atoms with Crippen LogP contribution >= 0.6 is 0 Å². The molecule has 0 unspecified atom stereocenters. The molecule has 0 saturated heterocycles. The maximum atomic E-state index is 12.2. The molecule has 1 aliphatic rings. The first-order valence-electron chi connectivity index (χ1n) is 6.67. The molecule has 1 heterocycles. The Morgan fingerprint density at radius 1 is 1.33 bits per heavy atom. The van der Waals surface area contributed by atoms with Crippen LogP contribution < -0.4 is 0 Å². The van der Waals surface area contributed by atoms with E-state index in [9.17, 15) is 18.3 Å². The fraction of sp³-hybridized carbons (Fsp3) is 0.615. The van der Waals surface area contributed by atoms with Crippen LogP contribution in [-0.2, 0) is 10.0 Å². The molecular formula is C13H20N2O5S. The first-order chi connectivity index (χ1) is 9.71. The quantitative estimate of drug-likeness (QED) is 0.847. The molecule has 1 saturated carbocycles. The van der Waals surface area contributed by atoms with Crippen molar-refractivity contribution in [2.45, 2.75) is 24.0 Å². The highest BCUT2D eigenvalue weighted by molar-refractivity contribution is 7.88. The average molecular weight is 316 g/mol. The van der Waals surface area contributed by atoms with Gasteiger partial charge in [0.1, 0.15) is 0 Å². The van der Waals surface area contributed by atoms with Crippen LogP contribution in [0.5, 0.6) is 0 Å². The van der Waals surface area contributed by atoms with Gasteiger partial charge >= 0.3 is 0 Å². The van der Waals surface area contributed by atoms with Crippen molar-refractivity contribution in [1.29, 1.82) is 0 Å². The van der Waals surface area contributed by atoms with Crippen LogP contribution in [0.25, 0.3) is 0 Å². The number of carbonyl (C=O) groups excluding carboxylic acids is 1. The Bertz CT molecular complexity index is 616. The summed E-state index contributed by atoms with van der Waals surface area (Å²) in [6.45, 7) is 0.520. The van der Waals surface area contributed by atoms with Crippen LogP contribution in [0.2, 0.25) is 0 Å². The molecule has 0 aromatic carbocycles. The molecule has 0 radical (unpaired) electrons. The van der Waals surface area contributed by atoms with E-state index >= 15 is 0 Å². The van der Waals surface area contributed by atoms with Gasteiger partial charge < -0.3 is 14.4 Å². The van der Waals surface area contributed by atoms with E-state index in [1.54, 1.807) is 7.05 Å². The van der Waals surface area contributed by atoms with Crippen molar-refractivity contribution in [3.63, 3.8) is 0 Å². The highest BCUT2D eigenvalue weighted by atomic mass is 32.2. The lowest BCUT2D eigenvalue weighted by molar-refractivity contribution is 0.0256. The second kappa shape index (κ2) is 5.78. The van der Waals surface area contributed by atoms with Gasteiger partial charge in [-0.1, -0.05) is 0 Å². The van der Waals surface area contributed by atoms with Crippen molar-refractivity contribution < 1.29 is 22.7 Å². The molecule has 0 bridgehead atoms. The van der Waals surface area contributed by atoms with Gasteiger partial charge in [-0.25, -0.2) is 12.7 Å². The summed E-state index contributed by atoms with van der Waals surface area (Å²) in [5.41, 5.74) is 0. The van der Waals surface area contributed by atoms with Gasteiger partial charge in [0.2, 0.25) is 5.09 Å². The summed E-state index contributed by atoms with van der Waals surface area (Å²) in [6.07, 6.45) is 1.12. The molecule has 118 valence electrons. The second-order valence-electron chi connectivity index (χ2n) is 5.58. The van der Waals surface area contributed by atoms with Crippen molar-refractivity contribution in [2.75, 3.05) is 27.7 Å². The fourth-order valence-corrected chi connectivity index (χ4v) is 3.06. The molecule has 0 spiro atoms. The first-order valence-corrected chi connectivity index (χ1v) is 8.11. The van der Waals surface area contributed by atoms with E-state index in [4.69, 9.17) is 4.42 Å². The van der Waals surface area contributed by atoms with Crippen LogP contribution in [-0.4, -0.2) is 62.4 Å². The van der Waals surface area contributed by atoms with Crippen molar-refractivity contribution in [1.82, 2.24) is 9.21 Å². The molecule has 0 atom stereocenters. The smallest absolute Gasteiger partial charge is 0.289 e. The van der Waals surface area contributed by atoms with E-state index in [0.29, 0.717) is 19.4 Å². The molecule has 1 fully saturated rings. The number of amides is 1. The summed E-state index contributed by atoms with van der Waals surface area (Å²) in [7, 11) is 0.751. The first kappa shape index (κ1) is 16.0. The molecule has 8 heteroatoms. The molecule has 1 amide bonds. The summed E-state index contributed by atoms with van der Waals surface area (Å²) < 4.78 is 30.0. The number of aliphatic hydroxyl groups excluding tert-OH is 1. The molecular weight excluding hydrogens is 296 g/mol. The fourth-order valence-electron chi connectivity index (χ4n) is 2.26. The lowest BCUT2D eigenvalue weighted by atomic mass is 9.82. The Kier molecular flexibility index (Phi) is 4.40. The van der Waals surface area contributed by atoms with E-state index in [0.717, 1.165) is 4.31 Å². The van der Waals surface area contributed by atoms with Gasteiger partial charge in [0.15, 0.2) is 5.76 Å². The molecule has 7 nitrogen and oxygen atoms in total. The number of sulfonamides is 1. The third-order valence-corrected chi connectivity index (χ3v) is 5.31. The Morgan fingerprint density at radius 2 is 1.95 bits per heavy atom. The molecule has 1 aliphatic carbocycles. The number of furan rings is 1. The van der Waals surface area contributed by atoms with Crippen LogP contribution in [0.1, 0.15) is 23.4 Å². The maximum Gasteiger partial charge on any atom is 0.289 e. The molecule has 1 aromatic heterocycles. The van der Waals surface area contributed by atoms with Gasteiger partial charge in [0.25, 0.3) is 15.9 Å². The third kappa shape index (κ3) is 3.28. The summed E-state index contributed by atoms with van der Waals surface area (Å²) >= 11 is 0. The number of hydrogen-bond donors (Lipinski definition) is 1. The topological polar surface area (TPSA) is 91.1 Å². The zero-order valence-corrected chi connectivity index (χ0v) is 13.1. The van der Waals surface area contributed by atoms with Crippen LogP contribution in [0, 0.1) is 5.92 Å². The van der Waals surface area contributed by atoms with E-state index in [1.165, 1.54) is 31.1 Å². The van der Waals surface area contributed by atoms with Crippen molar-refractivity contribution in [3.05, 3.63) is 17.9 Å². The standard InChI is InChI=1S/C13H20N2O5S/c1-14(2)21(18,19)12-5-4-11(20-12)13(17)15(3)8-9-6-10(16)7-9/h4-5,9-10,16H,6-8H2,1-3H3. The summed E-state index contributed by atoms with van der Waals surface area (Å²) in [4.78, 5) is 13.7.